The lowest BCUT2D eigenvalue weighted by Gasteiger charge is -2.29. The molecule has 0 atom stereocenters. The second kappa shape index (κ2) is 11.3. The van der Waals surface area contributed by atoms with E-state index in [4.69, 9.17) is 4.74 Å². The van der Waals surface area contributed by atoms with Crippen molar-refractivity contribution in [3.05, 3.63) is 101 Å². The number of aryl methyl sites for hydroxylation is 1. The average Bonchev–Trinajstić information content (AvgIpc) is 2.89. The van der Waals surface area contributed by atoms with Crippen LogP contribution in [0.4, 0.5) is 5.69 Å². The van der Waals surface area contributed by atoms with E-state index in [1.165, 1.54) is 9.71 Å². The summed E-state index contributed by atoms with van der Waals surface area (Å²) in [5.74, 6) is 0.242. The Labute approximate surface area is 207 Å². The minimum atomic E-state index is -3.53. The summed E-state index contributed by atoms with van der Waals surface area (Å²) < 4.78 is 32.9. The number of nitrogens with one attached hydrogen (secondary N) is 1. The predicted octanol–water partition coefficient (Wildman–Crippen LogP) is 5.23. The highest BCUT2D eigenvalue weighted by Gasteiger charge is 2.30. The Morgan fingerprint density at radius 2 is 1.66 bits per heavy atom. The molecule has 1 saturated heterocycles. The Morgan fingerprint density at radius 3 is 2.34 bits per heavy atom. The second-order valence-electron chi connectivity index (χ2n) is 8.69. The van der Waals surface area contributed by atoms with E-state index in [1.54, 1.807) is 6.08 Å². The summed E-state index contributed by atoms with van der Waals surface area (Å²) in [6.07, 6.45) is 2.54. The highest BCUT2D eigenvalue weighted by atomic mass is 32.2. The quantitative estimate of drug-likeness (QED) is 0.469. The summed E-state index contributed by atoms with van der Waals surface area (Å²) in [6.45, 7) is 3.00. The van der Waals surface area contributed by atoms with E-state index in [0.29, 0.717) is 44.0 Å². The molecule has 1 fully saturated rings. The predicted molar refractivity (Wildman–Crippen MR) is 139 cm³/mol. The first-order valence-electron chi connectivity index (χ1n) is 11.7. The molecule has 3 aromatic carbocycles. The number of nitrogens with zero attached hydrogens (tertiary/aromatic N) is 1. The standard InChI is InChI=1S/C28H30N2O4S/c1-22-12-13-26(27(20-22)34-21-24-10-6-3-7-11-24)29-28(31)25-14-17-30(18-15-25)35(32,33)19-16-23-8-4-2-5-9-23/h2-13,16,19-20,25H,14-15,17-18,21H2,1H3,(H,29,31)/b19-16+. The fourth-order valence-electron chi connectivity index (χ4n) is 4.01. The minimum Gasteiger partial charge on any atom is -0.487 e. The number of hydrogen-bond donors (Lipinski definition) is 1. The molecule has 1 amide bonds. The van der Waals surface area contributed by atoms with Crippen molar-refractivity contribution < 1.29 is 17.9 Å². The van der Waals surface area contributed by atoms with Crippen LogP contribution in [0.15, 0.2) is 84.3 Å². The lowest BCUT2D eigenvalue weighted by Crippen LogP contribution is -2.40. The zero-order valence-electron chi connectivity index (χ0n) is 19.8. The molecule has 35 heavy (non-hydrogen) atoms. The van der Waals surface area contributed by atoms with Crippen LogP contribution >= 0.6 is 0 Å². The van der Waals surface area contributed by atoms with E-state index in [2.05, 4.69) is 5.32 Å². The fourth-order valence-corrected chi connectivity index (χ4v) is 5.23. The van der Waals surface area contributed by atoms with Crippen LogP contribution in [0, 0.1) is 12.8 Å². The van der Waals surface area contributed by atoms with Gasteiger partial charge < -0.3 is 10.1 Å². The SMILES string of the molecule is Cc1ccc(NC(=O)C2CCN(S(=O)(=O)/C=C/c3ccccc3)CC2)c(OCc2ccccc2)c1. The number of amides is 1. The van der Waals surface area contributed by atoms with E-state index in [9.17, 15) is 13.2 Å². The van der Waals surface area contributed by atoms with Gasteiger partial charge in [0.25, 0.3) is 0 Å². The van der Waals surface area contributed by atoms with Crippen molar-refractivity contribution in [2.24, 2.45) is 5.92 Å². The molecule has 182 valence electrons. The molecule has 0 saturated carbocycles. The summed E-state index contributed by atoms with van der Waals surface area (Å²) in [5, 5.41) is 4.24. The van der Waals surface area contributed by atoms with Crippen molar-refractivity contribution in [1.29, 1.82) is 0 Å². The van der Waals surface area contributed by atoms with E-state index in [0.717, 1.165) is 16.7 Å². The van der Waals surface area contributed by atoms with Gasteiger partial charge in [-0.05, 0) is 54.7 Å². The van der Waals surface area contributed by atoms with Gasteiger partial charge in [0.05, 0.1) is 5.69 Å². The van der Waals surface area contributed by atoms with E-state index >= 15 is 0 Å². The molecule has 3 aromatic rings. The zero-order chi connectivity index (χ0) is 24.7. The van der Waals surface area contributed by atoms with Crippen LogP contribution in [-0.2, 0) is 21.4 Å². The summed E-state index contributed by atoms with van der Waals surface area (Å²) >= 11 is 0. The second-order valence-corrected chi connectivity index (χ2v) is 10.5. The maximum Gasteiger partial charge on any atom is 0.236 e. The Hall–Kier alpha value is -3.42. The minimum absolute atomic E-state index is 0.115. The van der Waals surface area contributed by atoms with Crippen LogP contribution < -0.4 is 10.1 Å². The van der Waals surface area contributed by atoms with Gasteiger partial charge in [-0.3, -0.25) is 4.79 Å². The first-order valence-corrected chi connectivity index (χ1v) is 13.2. The largest absolute Gasteiger partial charge is 0.487 e. The Kier molecular flexibility index (Phi) is 8.00. The van der Waals surface area contributed by atoms with Gasteiger partial charge in [0.15, 0.2) is 0 Å². The molecular weight excluding hydrogens is 460 g/mol. The molecule has 0 radical (unpaired) electrons. The third-order valence-electron chi connectivity index (χ3n) is 6.05. The lowest BCUT2D eigenvalue weighted by atomic mass is 9.97. The van der Waals surface area contributed by atoms with Gasteiger partial charge >= 0.3 is 0 Å². The molecule has 0 unspecified atom stereocenters. The van der Waals surface area contributed by atoms with Crippen molar-refractivity contribution in [3.63, 3.8) is 0 Å². The molecule has 1 heterocycles. The van der Waals surface area contributed by atoms with Crippen molar-refractivity contribution in [1.82, 2.24) is 4.31 Å². The zero-order valence-corrected chi connectivity index (χ0v) is 20.6. The van der Waals surface area contributed by atoms with Gasteiger partial charge in [0.2, 0.25) is 15.9 Å². The van der Waals surface area contributed by atoms with Gasteiger partial charge in [-0.1, -0.05) is 66.7 Å². The van der Waals surface area contributed by atoms with Crippen LogP contribution in [0.25, 0.3) is 6.08 Å². The van der Waals surface area contributed by atoms with Crippen LogP contribution in [0.1, 0.15) is 29.5 Å². The third-order valence-corrected chi connectivity index (χ3v) is 7.61. The Morgan fingerprint density at radius 1 is 1.00 bits per heavy atom. The van der Waals surface area contributed by atoms with E-state index in [-0.39, 0.29) is 11.8 Å². The summed E-state index contributed by atoms with van der Waals surface area (Å²) in [5.41, 5.74) is 3.53. The van der Waals surface area contributed by atoms with Gasteiger partial charge in [0.1, 0.15) is 12.4 Å². The first-order chi connectivity index (χ1) is 16.9. The first kappa shape index (κ1) is 24.7. The van der Waals surface area contributed by atoms with E-state index in [1.807, 2.05) is 85.8 Å². The van der Waals surface area contributed by atoms with Crippen LogP contribution in [0.3, 0.4) is 0 Å². The number of benzene rings is 3. The summed E-state index contributed by atoms with van der Waals surface area (Å²) in [7, 11) is -3.53. The number of carbonyl (C=O) groups is 1. The number of piperidine rings is 1. The molecule has 0 bridgehead atoms. The van der Waals surface area contributed by atoms with Crippen LogP contribution in [0.5, 0.6) is 5.75 Å². The number of rotatable bonds is 8. The topological polar surface area (TPSA) is 75.7 Å². The smallest absolute Gasteiger partial charge is 0.236 e. The van der Waals surface area contributed by atoms with Crippen LogP contribution in [-0.4, -0.2) is 31.7 Å². The van der Waals surface area contributed by atoms with Gasteiger partial charge in [0, 0.05) is 24.4 Å². The average molecular weight is 491 g/mol. The van der Waals surface area contributed by atoms with Crippen LogP contribution in [0.2, 0.25) is 0 Å². The highest BCUT2D eigenvalue weighted by Crippen LogP contribution is 2.29. The number of ether oxygens (including phenoxy) is 1. The lowest BCUT2D eigenvalue weighted by molar-refractivity contribution is -0.120. The fraction of sp³-hybridized carbons (Fsp3) is 0.250. The molecule has 6 nitrogen and oxygen atoms in total. The number of carbonyl (C=O) groups excluding carboxylic acids is 1. The van der Waals surface area contributed by atoms with Crippen molar-refractivity contribution in [3.8, 4) is 5.75 Å². The maximum absolute atomic E-state index is 13.0. The monoisotopic (exact) mass is 490 g/mol. The van der Waals surface area contributed by atoms with Crippen molar-refractivity contribution in [2.75, 3.05) is 18.4 Å². The van der Waals surface area contributed by atoms with Crippen molar-refractivity contribution >= 4 is 27.7 Å². The third kappa shape index (κ3) is 6.81. The molecule has 7 heteroatoms. The summed E-state index contributed by atoms with van der Waals surface area (Å²) in [4.78, 5) is 13.0. The number of hydrogen-bond acceptors (Lipinski definition) is 4. The van der Waals surface area contributed by atoms with Gasteiger partial charge in [-0.25, -0.2) is 8.42 Å². The molecule has 0 aromatic heterocycles. The molecular formula is C28H30N2O4S. The number of sulfonamides is 1. The highest BCUT2D eigenvalue weighted by molar-refractivity contribution is 7.92. The maximum atomic E-state index is 13.0. The Bertz CT molecular complexity index is 1270. The molecule has 0 spiro atoms. The van der Waals surface area contributed by atoms with Crippen molar-refractivity contribution in [2.45, 2.75) is 26.4 Å². The Balaban J connectivity index is 1.35. The molecule has 0 aliphatic carbocycles. The molecule has 1 N–H and O–H groups in total. The number of anilines is 1. The molecule has 1 aliphatic heterocycles. The molecule has 4 rings (SSSR count). The molecule has 1 aliphatic rings. The van der Waals surface area contributed by atoms with Gasteiger partial charge in [-0.2, -0.15) is 4.31 Å². The normalized spacial score (nSPS) is 15.2. The summed E-state index contributed by atoms with van der Waals surface area (Å²) in [6, 6.07) is 24.9. The van der Waals surface area contributed by atoms with Gasteiger partial charge in [-0.15, -0.1) is 0 Å². The van der Waals surface area contributed by atoms with E-state index < -0.39 is 10.0 Å².